The number of carbonyl (C=O) groups excluding carboxylic acids is 1. The summed E-state index contributed by atoms with van der Waals surface area (Å²) in [7, 11) is 0. The first kappa shape index (κ1) is 15.2. The van der Waals surface area contributed by atoms with Gasteiger partial charge >= 0.3 is 0 Å². The van der Waals surface area contributed by atoms with Gasteiger partial charge < -0.3 is 11.1 Å². The summed E-state index contributed by atoms with van der Waals surface area (Å²) in [5.74, 6) is 0.00852. The third kappa shape index (κ3) is 3.67. The van der Waals surface area contributed by atoms with Crippen molar-refractivity contribution < 1.29 is 4.79 Å². The summed E-state index contributed by atoms with van der Waals surface area (Å²) in [6.07, 6.45) is 0. The number of nitrogens with zero attached hydrogens (tertiary/aromatic N) is 1. The van der Waals surface area contributed by atoms with E-state index in [4.69, 9.17) is 5.73 Å². The molecule has 1 amide bonds. The molecule has 0 aliphatic carbocycles. The lowest BCUT2D eigenvalue weighted by Crippen LogP contribution is -2.49. The molecule has 0 saturated carbocycles. The van der Waals surface area contributed by atoms with Gasteiger partial charge in [0.2, 0.25) is 5.91 Å². The maximum atomic E-state index is 12.4. The van der Waals surface area contributed by atoms with Crippen LogP contribution in [0.5, 0.6) is 0 Å². The van der Waals surface area contributed by atoms with Crippen LogP contribution in [0.2, 0.25) is 0 Å². The quantitative estimate of drug-likeness (QED) is 0.840. The number of nitrogen functional groups attached to an aromatic ring is 1. The number of carbonyl (C=O) groups is 1. The van der Waals surface area contributed by atoms with Crippen molar-refractivity contribution in [3.8, 4) is 0 Å². The Bertz CT molecular complexity index is 470. The van der Waals surface area contributed by atoms with E-state index in [0.717, 1.165) is 13.1 Å². The molecule has 1 fully saturated rings. The van der Waals surface area contributed by atoms with E-state index in [-0.39, 0.29) is 11.9 Å². The minimum Gasteiger partial charge on any atom is -0.397 e. The van der Waals surface area contributed by atoms with E-state index in [1.807, 2.05) is 36.9 Å². The number of benzene rings is 1. The summed E-state index contributed by atoms with van der Waals surface area (Å²) in [6.45, 7) is 8.30. The first-order valence-electron chi connectivity index (χ1n) is 7.02. The lowest BCUT2D eigenvalue weighted by molar-refractivity contribution is -0.120. The number of para-hydroxylation sites is 2. The summed E-state index contributed by atoms with van der Waals surface area (Å²) >= 11 is 1.99. The highest BCUT2D eigenvalue weighted by Crippen LogP contribution is 2.26. The van der Waals surface area contributed by atoms with Crippen LogP contribution < -0.4 is 11.1 Å². The maximum absolute atomic E-state index is 12.4. The van der Waals surface area contributed by atoms with E-state index >= 15 is 0 Å². The molecule has 1 aliphatic rings. The number of anilines is 2. The third-order valence-corrected chi connectivity index (χ3v) is 4.82. The average Bonchev–Trinajstić information content (AvgIpc) is 2.39. The molecule has 1 saturated heterocycles. The van der Waals surface area contributed by atoms with Gasteiger partial charge in [0.15, 0.2) is 0 Å². The minimum atomic E-state index is -0.139. The summed E-state index contributed by atoms with van der Waals surface area (Å²) in [5, 5.41) is 4.06. The zero-order valence-corrected chi connectivity index (χ0v) is 13.1. The fourth-order valence-electron chi connectivity index (χ4n) is 2.55. The Labute approximate surface area is 125 Å². The van der Waals surface area contributed by atoms with Crippen molar-refractivity contribution in [2.75, 3.05) is 24.1 Å². The van der Waals surface area contributed by atoms with Crippen molar-refractivity contribution in [2.45, 2.75) is 37.3 Å². The predicted molar refractivity (Wildman–Crippen MR) is 87.0 cm³/mol. The monoisotopic (exact) mass is 293 g/mol. The molecule has 1 aromatic rings. The number of rotatable bonds is 3. The van der Waals surface area contributed by atoms with Gasteiger partial charge in [0.1, 0.15) is 0 Å². The van der Waals surface area contributed by atoms with Crippen LogP contribution in [-0.2, 0) is 4.79 Å². The lowest BCUT2D eigenvalue weighted by Gasteiger charge is -2.37. The zero-order chi connectivity index (χ0) is 14.7. The van der Waals surface area contributed by atoms with Crippen LogP contribution in [0.3, 0.4) is 0 Å². The number of amides is 1. The minimum absolute atomic E-state index is 0.00852. The molecule has 0 spiro atoms. The highest BCUT2D eigenvalue weighted by molar-refractivity contribution is 8.00. The molecule has 1 aliphatic heterocycles. The summed E-state index contributed by atoms with van der Waals surface area (Å²) in [6, 6.07) is 7.22. The Balaban J connectivity index is 2.00. The molecule has 1 aromatic carbocycles. The molecular formula is C15H23N3OS. The van der Waals surface area contributed by atoms with E-state index in [0.29, 0.717) is 21.9 Å². The van der Waals surface area contributed by atoms with Gasteiger partial charge in [-0.3, -0.25) is 9.69 Å². The summed E-state index contributed by atoms with van der Waals surface area (Å²) < 4.78 is 0. The van der Waals surface area contributed by atoms with Gasteiger partial charge in [0.25, 0.3) is 0 Å². The predicted octanol–water partition coefficient (Wildman–Crippen LogP) is 2.42. The zero-order valence-electron chi connectivity index (χ0n) is 12.3. The number of hydrogen-bond acceptors (Lipinski definition) is 4. The summed E-state index contributed by atoms with van der Waals surface area (Å²) in [4.78, 5) is 14.6. The largest absolute Gasteiger partial charge is 0.397 e. The van der Waals surface area contributed by atoms with Gasteiger partial charge in [-0.2, -0.15) is 11.8 Å². The molecule has 5 heteroatoms. The van der Waals surface area contributed by atoms with Crippen LogP contribution in [0.4, 0.5) is 11.4 Å². The topological polar surface area (TPSA) is 58.4 Å². The van der Waals surface area contributed by atoms with Crippen LogP contribution in [-0.4, -0.2) is 40.4 Å². The van der Waals surface area contributed by atoms with Crippen molar-refractivity contribution in [3.05, 3.63) is 24.3 Å². The van der Waals surface area contributed by atoms with Crippen molar-refractivity contribution in [3.63, 3.8) is 0 Å². The lowest BCUT2D eigenvalue weighted by atomic mass is 10.2. The molecule has 0 radical (unpaired) electrons. The van der Waals surface area contributed by atoms with Crippen LogP contribution in [0.25, 0.3) is 0 Å². The van der Waals surface area contributed by atoms with Crippen molar-refractivity contribution >= 4 is 29.0 Å². The molecule has 1 heterocycles. The Morgan fingerprint density at radius 1 is 1.35 bits per heavy atom. The molecule has 3 N–H and O–H groups in total. The molecule has 2 rings (SSSR count). The second-order valence-corrected chi connectivity index (χ2v) is 7.35. The van der Waals surface area contributed by atoms with E-state index < -0.39 is 0 Å². The average molecular weight is 293 g/mol. The maximum Gasteiger partial charge on any atom is 0.241 e. The molecule has 3 unspecified atom stereocenters. The normalized spacial score (nSPS) is 25.1. The molecule has 20 heavy (non-hydrogen) atoms. The Kier molecular flexibility index (Phi) is 4.94. The van der Waals surface area contributed by atoms with Gasteiger partial charge in [-0.1, -0.05) is 26.0 Å². The smallest absolute Gasteiger partial charge is 0.241 e. The molecule has 4 nitrogen and oxygen atoms in total. The fourth-order valence-corrected chi connectivity index (χ4v) is 3.90. The van der Waals surface area contributed by atoms with E-state index in [9.17, 15) is 4.79 Å². The molecule has 0 bridgehead atoms. The summed E-state index contributed by atoms with van der Waals surface area (Å²) in [5.41, 5.74) is 7.15. The van der Waals surface area contributed by atoms with Crippen molar-refractivity contribution in [2.24, 2.45) is 0 Å². The highest BCUT2D eigenvalue weighted by Gasteiger charge is 2.29. The highest BCUT2D eigenvalue weighted by atomic mass is 32.2. The van der Waals surface area contributed by atoms with E-state index in [1.54, 1.807) is 6.07 Å². The van der Waals surface area contributed by atoms with E-state index in [1.165, 1.54) is 0 Å². The second kappa shape index (κ2) is 6.50. The molecule has 0 aromatic heterocycles. The Morgan fingerprint density at radius 3 is 2.55 bits per heavy atom. The van der Waals surface area contributed by atoms with Gasteiger partial charge in [-0.15, -0.1) is 0 Å². The van der Waals surface area contributed by atoms with Crippen molar-refractivity contribution in [1.82, 2.24) is 4.90 Å². The van der Waals surface area contributed by atoms with E-state index in [2.05, 4.69) is 24.1 Å². The van der Waals surface area contributed by atoms with Gasteiger partial charge in [0.05, 0.1) is 17.4 Å². The third-order valence-electron chi connectivity index (χ3n) is 3.59. The fraction of sp³-hybridized carbons (Fsp3) is 0.533. The standard InChI is InChI=1S/C15H23N3OS/c1-10-8-18(9-11(2)20-10)12(3)15(19)17-14-7-5-4-6-13(14)16/h4-7,10-12H,8-9,16H2,1-3H3,(H,17,19). The number of nitrogens with two attached hydrogens (primary N) is 1. The van der Waals surface area contributed by atoms with Gasteiger partial charge in [-0.05, 0) is 19.1 Å². The van der Waals surface area contributed by atoms with Crippen LogP contribution in [0, 0.1) is 0 Å². The molecular weight excluding hydrogens is 270 g/mol. The van der Waals surface area contributed by atoms with Crippen LogP contribution in [0.15, 0.2) is 24.3 Å². The molecule has 110 valence electrons. The first-order chi connectivity index (χ1) is 9.47. The molecule has 3 atom stereocenters. The Hall–Kier alpha value is -1.20. The van der Waals surface area contributed by atoms with Crippen LogP contribution in [0.1, 0.15) is 20.8 Å². The Morgan fingerprint density at radius 2 is 1.95 bits per heavy atom. The van der Waals surface area contributed by atoms with Crippen molar-refractivity contribution in [1.29, 1.82) is 0 Å². The number of hydrogen-bond donors (Lipinski definition) is 2. The first-order valence-corrected chi connectivity index (χ1v) is 7.96. The second-order valence-electron chi connectivity index (χ2n) is 5.46. The SMILES string of the molecule is CC1CN(C(C)C(=O)Nc2ccccc2N)CC(C)S1. The van der Waals surface area contributed by atoms with Crippen LogP contribution >= 0.6 is 11.8 Å². The van der Waals surface area contributed by atoms with Gasteiger partial charge in [0, 0.05) is 23.6 Å². The number of nitrogens with one attached hydrogen (secondary N) is 1. The van der Waals surface area contributed by atoms with Gasteiger partial charge in [-0.25, -0.2) is 0 Å². The number of thioether (sulfide) groups is 1.